The summed E-state index contributed by atoms with van der Waals surface area (Å²) < 4.78 is 115. The van der Waals surface area contributed by atoms with Crippen LogP contribution in [0.1, 0.15) is 38.8 Å². The van der Waals surface area contributed by atoms with Crippen LogP contribution >= 0.6 is 11.6 Å². The van der Waals surface area contributed by atoms with E-state index in [1.54, 1.807) is 0 Å². The second-order valence-electron chi connectivity index (χ2n) is 8.27. The maximum atomic E-state index is 14.3. The number of sulfone groups is 1. The monoisotopic (exact) mass is 576 g/mol. The second kappa shape index (κ2) is 10.5. The highest BCUT2D eigenvalue weighted by Crippen LogP contribution is 2.53. The van der Waals surface area contributed by atoms with E-state index in [4.69, 9.17) is 11.6 Å². The molecule has 0 bridgehead atoms. The molecule has 0 aliphatic carbocycles. The molecule has 0 saturated heterocycles. The lowest BCUT2D eigenvalue weighted by molar-refractivity contribution is -0.348. The molecule has 2 aromatic rings. The quantitative estimate of drug-likeness (QED) is 0.435. The van der Waals surface area contributed by atoms with E-state index in [0.717, 1.165) is 13.2 Å². The highest BCUT2D eigenvalue weighted by atomic mass is 35.5. The van der Waals surface area contributed by atoms with E-state index in [1.807, 2.05) is 0 Å². The Bertz CT molecular complexity index is 1300. The molecule has 0 aliphatic heterocycles. The van der Waals surface area contributed by atoms with Gasteiger partial charge in [0.25, 0.3) is 11.8 Å². The minimum Gasteiger partial charge on any atom is -0.348 e. The van der Waals surface area contributed by atoms with Gasteiger partial charge in [-0.1, -0.05) is 29.8 Å². The fraction of sp³-hybridized carbons (Fsp3) is 0.364. The van der Waals surface area contributed by atoms with Crippen LogP contribution in [0, 0.1) is 6.92 Å². The number of hydrogen-bond acceptors (Lipinski definition) is 4. The first-order valence-electron chi connectivity index (χ1n) is 10.2. The molecule has 37 heavy (non-hydrogen) atoms. The molecule has 2 rings (SSSR count). The molecule has 1 atom stereocenters. The highest BCUT2D eigenvalue weighted by molar-refractivity contribution is 7.90. The number of aryl methyl sites for hydroxylation is 1. The lowest BCUT2D eigenvalue weighted by atomic mass is 9.92. The summed E-state index contributed by atoms with van der Waals surface area (Å²) in [6.07, 6.45) is -11.7. The molecular weight excluding hydrogens is 557 g/mol. The number of carbonyl (C=O) groups is 2. The Labute approximate surface area is 212 Å². The zero-order valence-electron chi connectivity index (χ0n) is 19.3. The van der Waals surface area contributed by atoms with Crippen molar-refractivity contribution in [3.05, 3.63) is 63.7 Å². The van der Waals surface area contributed by atoms with Gasteiger partial charge in [0, 0.05) is 23.5 Å². The van der Waals surface area contributed by atoms with Crippen molar-refractivity contribution in [2.24, 2.45) is 0 Å². The van der Waals surface area contributed by atoms with E-state index in [2.05, 4.69) is 10.6 Å². The molecule has 0 radical (unpaired) electrons. The number of carbonyl (C=O) groups excluding carboxylic acids is 2. The SMILES string of the molecule is Cc1cc(C(F)(C(F)(F)F)C(F)(F)F)ccc1NC(=O)c1cccc(Cl)c1C(=O)NC(C)CS(C)(=O)=O. The summed E-state index contributed by atoms with van der Waals surface area (Å²) in [4.78, 5) is 25.6. The summed E-state index contributed by atoms with van der Waals surface area (Å²) in [7, 11) is -3.46. The molecule has 0 aliphatic rings. The smallest absolute Gasteiger partial charge is 0.348 e. The molecule has 2 amide bonds. The molecule has 1 unspecified atom stereocenters. The average Bonchev–Trinajstić information content (AvgIpc) is 2.71. The minimum atomic E-state index is -6.31. The predicted molar refractivity (Wildman–Crippen MR) is 122 cm³/mol. The number of benzene rings is 2. The van der Waals surface area contributed by atoms with E-state index in [-0.39, 0.29) is 33.5 Å². The van der Waals surface area contributed by atoms with E-state index >= 15 is 0 Å². The van der Waals surface area contributed by atoms with Gasteiger partial charge in [0.2, 0.25) is 0 Å². The van der Waals surface area contributed by atoms with Crippen LogP contribution in [0.2, 0.25) is 5.02 Å². The van der Waals surface area contributed by atoms with Gasteiger partial charge in [0.05, 0.1) is 21.9 Å². The first-order valence-corrected chi connectivity index (χ1v) is 12.6. The second-order valence-corrected chi connectivity index (χ2v) is 10.9. The molecule has 0 heterocycles. The standard InChI is InChI=1S/C22H20ClF7N2O4S/c1-11-9-13(20(24,21(25,26)27)22(28,29)30)7-8-16(11)32-18(33)14-5-4-6-15(23)17(14)19(34)31-12(2)10-37(3,35)36/h4-9,12H,10H2,1-3H3,(H,31,34)(H,32,33). The van der Waals surface area contributed by atoms with Crippen molar-refractivity contribution in [3.8, 4) is 0 Å². The van der Waals surface area contributed by atoms with Crippen LogP contribution in [0.3, 0.4) is 0 Å². The van der Waals surface area contributed by atoms with Crippen LogP contribution < -0.4 is 10.6 Å². The van der Waals surface area contributed by atoms with Crippen molar-refractivity contribution in [1.82, 2.24) is 5.32 Å². The van der Waals surface area contributed by atoms with Crippen LogP contribution in [0.25, 0.3) is 0 Å². The Kier molecular flexibility index (Phi) is 8.60. The van der Waals surface area contributed by atoms with Crippen molar-refractivity contribution in [3.63, 3.8) is 0 Å². The average molecular weight is 577 g/mol. The van der Waals surface area contributed by atoms with Gasteiger partial charge < -0.3 is 10.6 Å². The molecule has 0 saturated carbocycles. The largest absolute Gasteiger partial charge is 0.435 e. The summed E-state index contributed by atoms with van der Waals surface area (Å²) in [6, 6.07) is 4.07. The molecule has 0 spiro atoms. The van der Waals surface area contributed by atoms with Gasteiger partial charge in [-0.2, -0.15) is 26.3 Å². The first-order chi connectivity index (χ1) is 16.7. The zero-order chi connectivity index (χ0) is 28.6. The van der Waals surface area contributed by atoms with Gasteiger partial charge in [-0.15, -0.1) is 0 Å². The number of hydrogen-bond donors (Lipinski definition) is 2. The number of anilines is 1. The number of halogens is 8. The predicted octanol–water partition coefficient (Wildman–Crippen LogP) is 5.35. The van der Waals surface area contributed by atoms with Gasteiger partial charge in [-0.25, -0.2) is 12.8 Å². The summed E-state index contributed by atoms with van der Waals surface area (Å²) in [5.41, 5.74) is -8.66. The highest BCUT2D eigenvalue weighted by Gasteiger charge is 2.73. The number of rotatable bonds is 7. The van der Waals surface area contributed by atoms with Crippen LogP contribution in [0.4, 0.5) is 36.4 Å². The Morgan fingerprint density at radius 3 is 2.03 bits per heavy atom. The lowest BCUT2D eigenvalue weighted by Crippen LogP contribution is -2.50. The molecule has 6 nitrogen and oxygen atoms in total. The number of alkyl halides is 7. The van der Waals surface area contributed by atoms with Crippen LogP contribution in [-0.4, -0.2) is 50.6 Å². The van der Waals surface area contributed by atoms with Crippen molar-refractivity contribution in [2.75, 3.05) is 17.3 Å². The maximum Gasteiger partial charge on any atom is 0.435 e. The van der Waals surface area contributed by atoms with Gasteiger partial charge >= 0.3 is 18.0 Å². The Morgan fingerprint density at radius 1 is 0.973 bits per heavy atom. The van der Waals surface area contributed by atoms with Crippen LogP contribution in [-0.2, 0) is 15.5 Å². The van der Waals surface area contributed by atoms with Crippen molar-refractivity contribution in [1.29, 1.82) is 0 Å². The summed E-state index contributed by atoms with van der Waals surface area (Å²) >= 11 is 6.06. The third kappa shape index (κ3) is 6.72. The van der Waals surface area contributed by atoms with E-state index in [0.29, 0.717) is 12.1 Å². The minimum absolute atomic E-state index is 0.193. The Balaban J connectivity index is 2.40. The van der Waals surface area contributed by atoms with E-state index in [9.17, 15) is 48.7 Å². The fourth-order valence-corrected chi connectivity index (χ4v) is 4.68. The number of nitrogens with one attached hydrogen (secondary N) is 2. The fourth-order valence-electron chi connectivity index (χ4n) is 3.43. The topological polar surface area (TPSA) is 92.3 Å². The normalized spacial score (nSPS) is 13.7. The third-order valence-corrected chi connectivity index (χ3v) is 6.49. The van der Waals surface area contributed by atoms with Crippen molar-refractivity contribution >= 4 is 38.9 Å². The van der Waals surface area contributed by atoms with Crippen molar-refractivity contribution < 1.29 is 48.7 Å². The van der Waals surface area contributed by atoms with Gasteiger partial charge in [-0.05, 0) is 37.6 Å². The summed E-state index contributed by atoms with van der Waals surface area (Å²) in [5, 5.41) is 4.42. The molecule has 2 N–H and O–H groups in total. The Hall–Kier alpha value is -2.87. The summed E-state index contributed by atoms with van der Waals surface area (Å²) in [5.74, 6) is -2.34. The molecule has 204 valence electrons. The van der Waals surface area contributed by atoms with E-state index < -0.39 is 57.0 Å². The molecule has 0 fully saturated rings. The summed E-state index contributed by atoms with van der Waals surface area (Å²) in [6.45, 7) is 2.44. The van der Waals surface area contributed by atoms with Gasteiger partial charge in [0.1, 0.15) is 9.84 Å². The van der Waals surface area contributed by atoms with Crippen LogP contribution in [0.5, 0.6) is 0 Å². The van der Waals surface area contributed by atoms with Crippen molar-refractivity contribution in [2.45, 2.75) is 37.9 Å². The van der Waals surface area contributed by atoms with Gasteiger partial charge in [-0.3, -0.25) is 9.59 Å². The Morgan fingerprint density at radius 2 is 1.54 bits per heavy atom. The first kappa shape index (κ1) is 30.4. The zero-order valence-corrected chi connectivity index (χ0v) is 20.9. The maximum absolute atomic E-state index is 14.3. The third-order valence-electron chi connectivity index (χ3n) is 5.07. The van der Waals surface area contributed by atoms with E-state index in [1.165, 1.54) is 25.1 Å². The molecule has 0 aromatic heterocycles. The lowest BCUT2D eigenvalue weighted by Gasteiger charge is -2.30. The van der Waals surface area contributed by atoms with Crippen LogP contribution in [0.15, 0.2) is 36.4 Å². The molecular formula is C22H20ClF7N2O4S. The molecule has 2 aromatic carbocycles. The number of amides is 2. The molecule has 15 heteroatoms. The van der Waals surface area contributed by atoms with Gasteiger partial charge in [0.15, 0.2) is 0 Å².